The molecule has 0 bridgehead atoms. The van der Waals surface area contributed by atoms with Gasteiger partial charge in [-0.2, -0.15) is 5.06 Å². The van der Waals surface area contributed by atoms with Gasteiger partial charge in [-0.05, 0) is 24.6 Å². The highest BCUT2D eigenvalue weighted by Crippen LogP contribution is 2.29. The van der Waals surface area contributed by atoms with Gasteiger partial charge in [0, 0.05) is 19.2 Å². The van der Waals surface area contributed by atoms with Gasteiger partial charge in [0.25, 0.3) is 0 Å². The molecule has 0 aliphatic carbocycles. The molecule has 15 heavy (non-hydrogen) atoms. The fourth-order valence-electron chi connectivity index (χ4n) is 1.50. The summed E-state index contributed by atoms with van der Waals surface area (Å²) in [6.45, 7) is 2.37. The summed E-state index contributed by atoms with van der Waals surface area (Å²) in [6.07, 6.45) is 0. The normalized spacial score (nSPS) is 10.5. The number of hydrogen-bond donors (Lipinski definition) is 1. The summed E-state index contributed by atoms with van der Waals surface area (Å²) in [5, 5.41) is 10.3. The molecule has 1 aromatic rings. The Morgan fingerprint density at radius 1 is 1.20 bits per heavy atom. The van der Waals surface area contributed by atoms with Gasteiger partial charge in [0.15, 0.2) is 0 Å². The van der Waals surface area contributed by atoms with Crippen molar-refractivity contribution < 1.29 is 14.7 Å². The largest absolute Gasteiger partial charge is 0.496 e. The molecular formula is C11H17NO3. The molecule has 1 rings (SSSR count). The Hall–Kier alpha value is -1.26. The molecule has 0 amide bonds. The van der Waals surface area contributed by atoms with E-state index in [-0.39, 0.29) is 0 Å². The molecule has 0 atom stereocenters. The number of rotatable bonds is 4. The summed E-state index contributed by atoms with van der Waals surface area (Å²) < 4.78 is 10.5. The van der Waals surface area contributed by atoms with Crippen LogP contribution in [0.25, 0.3) is 0 Å². The minimum atomic E-state index is 0.438. The van der Waals surface area contributed by atoms with E-state index in [0.29, 0.717) is 6.54 Å². The fourth-order valence-corrected chi connectivity index (χ4v) is 1.50. The number of nitrogens with zero attached hydrogens (tertiary/aromatic N) is 1. The van der Waals surface area contributed by atoms with Crippen molar-refractivity contribution in [3.63, 3.8) is 0 Å². The van der Waals surface area contributed by atoms with Crippen LogP contribution in [0.15, 0.2) is 12.1 Å². The molecule has 1 N–H and O–H groups in total. The van der Waals surface area contributed by atoms with Crippen LogP contribution in [0.3, 0.4) is 0 Å². The molecule has 0 fully saturated rings. The van der Waals surface area contributed by atoms with Crippen molar-refractivity contribution in [1.82, 2.24) is 5.06 Å². The van der Waals surface area contributed by atoms with E-state index in [1.165, 1.54) is 0 Å². The fraction of sp³-hybridized carbons (Fsp3) is 0.455. The number of hydroxylamine groups is 2. The Bertz CT molecular complexity index is 312. The van der Waals surface area contributed by atoms with Crippen LogP contribution in [-0.2, 0) is 6.54 Å². The monoisotopic (exact) mass is 211 g/mol. The van der Waals surface area contributed by atoms with E-state index in [4.69, 9.17) is 14.7 Å². The molecule has 84 valence electrons. The Morgan fingerprint density at radius 2 is 1.67 bits per heavy atom. The first-order chi connectivity index (χ1) is 7.08. The highest BCUT2D eigenvalue weighted by molar-refractivity contribution is 5.47. The van der Waals surface area contributed by atoms with Crippen LogP contribution in [0.2, 0.25) is 0 Å². The predicted octanol–water partition coefficient (Wildman–Crippen LogP) is 1.83. The molecule has 4 nitrogen and oxygen atoms in total. The summed E-state index contributed by atoms with van der Waals surface area (Å²) >= 11 is 0. The van der Waals surface area contributed by atoms with Gasteiger partial charge < -0.3 is 14.7 Å². The maximum atomic E-state index is 9.15. The Labute approximate surface area is 90.0 Å². The van der Waals surface area contributed by atoms with Gasteiger partial charge >= 0.3 is 0 Å². The molecule has 0 heterocycles. The van der Waals surface area contributed by atoms with Crippen LogP contribution in [0.4, 0.5) is 0 Å². The van der Waals surface area contributed by atoms with Gasteiger partial charge in [0.05, 0.1) is 14.2 Å². The highest BCUT2D eigenvalue weighted by atomic mass is 16.5. The highest BCUT2D eigenvalue weighted by Gasteiger charge is 2.08. The third kappa shape index (κ3) is 2.84. The molecule has 0 radical (unpaired) electrons. The number of methoxy groups -OCH3 is 2. The number of ether oxygens (including phenoxy) is 2. The second-order valence-electron chi connectivity index (χ2n) is 3.44. The van der Waals surface area contributed by atoms with Crippen molar-refractivity contribution in [2.45, 2.75) is 13.5 Å². The van der Waals surface area contributed by atoms with Gasteiger partial charge in [-0.3, -0.25) is 0 Å². The van der Waals surface area contributed by atoms with Crippen molar-refractivity contribution in [2.75, 3.05) is 21.3 Å². The minimum absolute atomic E-state index is 0.438. The van der Waals surface area contributed by atoms with Gasteiger partial charge in [-0.15, -0.1) is 0 Å². The zero-order valence-electron chi connectivity index (χ0n) is 9.57. The molecule has 4 heteroatoms. The minimum Gasteiger partial charge on any atom is -0.496 e. The molecule has 0 saturated carbocycles. The standard InChI is InChI=1S/C11H17NO3/c1-8-10(14-3)5-9(7-12(2)13)6-11(8)15-4/h5-6,13H,7H2,1-4H3. The summed E-state index contributed by atoms with van der Waals surface area (Å²) in [7, 11) is 4.83. The van der Waals surface area contributed by atoms with E-state index >= 15 is 0 Å². The zero-order valence-corrected chi connectivity index (χ0v) is 9.57. The van der Waals surface area contributed by atoms with Gasteiger partial charge in [0.2, 0.25) is 0 Å². The summed E-state index contributed by atoms with van der Waals surface area (Å²) in [6, 6.07) is 3.79. The lowest BCUT2D eigenvalue weighted by molar-refractivity contribution is -0.0732. The second-order valence-corrected chi connectivity index (χ2v) is 3.44. The quantitative estimate of drug-likeness (QED) is 0.771. The third-order valence-electron chi connectivity index (χ3n) is 2.22. The Balaban J connectivity index is 3.09. The van der Waals surface area contributed by atoms with Crippen LogP contribution in [-0.4, -0.2) is 31.5 Å². The maximum Gasteiger partial charge on any atom is 0.125 e. The van der Waals surface area contributed by atoms with Crippen LogP contribution < -0.4 is 9.47 Å². The van der Waals surface area contributed by atoms with E-state index in [0.717, 1.165) is 27.7 Å². The second kappa shape index (κ2) is 5.00. The lowest BCUT2D eigenvalue weighted by atomic mass is 10.1. The predicted molar refractivity (Wildman–Crippen MR) is 57.5 cm³/mol. The number of benzene rings is 1. The average molecular weight is 211 g/mol. The van der Waals surface area contributed by atoms with E-state index in [2.05, 4.69) is 0 Å². The molecule has 0 spiro atoms. The number of hydrogen-bond acceptors (Lipinski definition) is 4. The topological polar surface area (TPSA) is 41.9 Å². The van der Waals surface area contributed by atoms with E-state index < -0.39 is 0 Å². The van der Waals surface area contributed by atoms with Gasteiger partial charge in [-0.1, -0.05) is 0 Å². The SMILES string of the molecule is COc1cc(CN(C)O)cc(OC)c1C. The maximum absolute atomic E-state index is 9.15. The van der Waals surface area contributed by atoms with Crippen LogP contribution in [0.5, 0.6) is 11.5 Å². The van der Waals surface area contributed by atoms with Crippen molar-refractivity contribution >= 4 is 0 Å². The lowest BCUT2D eigenvalue weighted by Gasteiger charge is -2.14. The molecule has 0 unspecified atom stereocenters. The first-order valence-electron chi connectivity index (χ1n) is 4.70. The summed E-state index contributed by atoms with van der Waals surface area (Å²) in [4.78, 5) is 0. The van der Waals surface area contributed by atoms with Crippen molar-refractivity contribution in [2.24, 2.45) is 0 Å². The Kier molecular flexibility index (Phi) is 3.94. The molecule has 0 aliphatic rings. The summed E-state index contributed by atoms with van der Waals surface area (Å²) in [5.74, 6) is 1.54. The smallest absolute Gasteiger partial charge is 0.125 e. The van der Waals surface area contributed by atoms with Crippen LogP contribution in [0, 0.1) is 6.92 Å². The zero-order chi connectivity index (χ0) is 11.4. The van der Waals surface area contributed by atoms with Crippen LogP contribution in [0.1, 0.15) is 11.1 Å². The van der Waals surface area contributed by atoms with E-state index in [1.807, 2.05) is 19.1 Å². The van der Waals surface area contributed by atoms with Crippen LogP contribution >= 0.6 is 0 Å². The molecule has 0 aliphatic heterocycles. The first kappa shape index (κ1) is 11.8. The van der Waals surface area contributed by atoms with Gasteiger partial charge in [0.1, 0.15) is 11.5 Å². The third-order valence-corrected chi connectivity index (χ3v) is 2.22. The molecule has 1 aromatic carbocycles. The van der Waals surface area contributed by atoms with Crippen molar-refractivity contribution in [3.8, 4) is 11.5 Å². The van der Waals surface area contributed by atoms with Crippen molar-refractivity contribution in [1.29, 1.82) is 0 Å². The molecular weight excluding hydrogens is 194 g/mol. The summed E-state index contributed by atoms with van der Waals surface area (Å²) in [5.41, 5.74) is 1.91. The Morgan fingerprint density at radius 3 is 2.00 bits per heavy atom. The average Bonchev–Trinajstić information content (AvgIpc) is 2.19. The first-order valence-corrected chi connectivity index (χ1v) is 4.70. The van der Waals surface area contributed by atoms with Crippen molar-refractivity contribution in [3.05, 3.63) is 23.3 Å². The molecule has 0 aromatic heterocycles. The van der Waals surface area contributed by atoms with E-state index in [1.54, 1.807) is 21.3 Å². The van der Waals surface area contributed by atoms with E-state index in [9.17, 15) is 0 Å². The molecule has 0 saturated heterocycles. The van der Waals surface area contributed by atoms with Gasteiger partial charge in [-0.25, -0.2) is 0 Å². The lowest BCUT2D eigenvalue weighted by Crippen LogP contribution is -2.12.